The molecule has 2 heterocycles. The molecule has 0 bridgehead atoms. The van der Waals surface area contributed by atoms with Gasteiger partial charge in [-0.05, 0) is 51.6 Å². The van der Waals surface area contributed by atoms with Crippen LogP contribution in [-0.4, -0.2) is 26.3 Å². The number of nitrogens with zero attached hydrogens (tertiary/aromatic N) is 1. The molecular weight excluding hydrogens is 376 g/mol. The zero-order valence-electron chi connectivity index (χ0n) is 11.8. The average Bonchev–Trinajstić information content (AvgIpc) is 3.06. The van der Waals surface area contributed by atoms with Crippen molar-refractivity contribution >= 4 is 37.3 Å². The van der Waals surface area contributed by atoms with Crippen LogP contribution in [0, 0.1) is 0 Å². The normalized spacial score (nSPS) is 12.2. The molecule has 0 aliphatic carbocycles. The van der Waals surface area contributed by atoms with Crippen LogP contribution >= 0.6 is 27.3 Å². The van der Waals surface area contributed by atoms with Gasteiger partial charge in [0.15, 0.2) is 0 Å². The summed E-state index contributed by atoms with van der Waals surface area (Å²) in [6.45, 7) is 3.62. The Kier molecular flexibility index (Phi) is 5.61. The Labute approximate surface area is 137 Å². The topological polar surface area (TPSA) is 62.6 Å². The molecular formula is C13H17BrN2O3S2. The lowest BCUT2D eigenvalue weighted by atomic mass is 10.3. The van der Waals surface area contributed by atoms with Gasteiger partial charge in [0.1, 0.15) is 5.76 Å². The second kappa shape index (κ2) is 7.06. The van der Waals surface area contributed by atoms with Crippen LogP contribution in [0.15, 0.2) is 36.9 Å². The first-order valence-electron chi connectivity index (χ1n) is 6.42. The molecule has 0 radical (unpaired) electrons. The molecule has 0 unspecified atom stereocenters. The molecule has 0 saturated carbocycles. The molecule has 21 heavy (non-hydrogen) atoms. The maximum Gasteiger partial charge on any atom is 0.276 e. The highest BCUT2D eigenvalue weighted by molar-refractivity contribution is 9.11. The van der Waals surface area contributed by atoms with E-state index in [9.17, 15) is 8.42 Å². The van der Waals surface area contributed by atoms with Crippen LogP contribution in [0.3, 0.4) is 0 Å². The molecule has 0 aliphatic rings. The Hall–Kier alpha value is -0.670. The number of hydrogen-bond donors (Lipinski definition) is 1. The second-order valence-corrected chi connectivity index (χ2v) is 8.79. The van der Waals surface area contributed by atoms with Gasteiger partial charge in [-0.15, -0.1) is 11.3 Å². The van der Waals surface area contributed by atoms with Gasteiger partial charge >= 0.3 is 0 Å². The van der Waals surface area contributed by atoms with Crippen molar-refractivity contribution in [2.75, 3.05) is 13.6 Å². The number of rotatable bonds is 7. The third kappa shape index (κ3) is 4.17. The molecule has 2 rings (SSSR count). The minimum atomic E-state index is -3.60. The summed E-state index contributed by atoms with van der Waals surface area (Å²) >= 11 is 4.90. The van der Waals surface area contributed by atoms with Crippen molar-refractivity contribution < 1.29 is 12.8 Å². The van der Waals surface area contributed by atoms with E-state index in [0.717, 1.165) is 15.9 Å². The summed E-state index contributed by atoms with van der Waals surface area (Å²) in [7, 11) is -2.05. The molecule has 0 aliphatic heterocycles. The van der Waals surface area contributed by atoms with Gasteiger partial charge < -0.3 is 9.73 Å². The molecule has 1 N–H and O–H groups in total. The Morgan fingerprint density at radius 2 is 2.19 bits per heavy atom. The van der Waals surface area contributed by atoms with E-state index >= 15 is 0 Å². The highest BCUT2D eigenvalue weighted by Crippen LogP contribution is 2.24. The van der Waals surface area contributed by atoms with E-state index in [-0.39, 0.29) is 5.09 Å². The number of furan rings is 1. The predicted octanol–water partition coefficient (Wildman–Crippen LogP) is 3.03. The number of hydrogen-bond acceptors (Lipinski definition) is 5. The monoisotopic (exact) mass is 392 g/mol. The smallest absolute Gasteiger partial charge is 0.276 e. The van der Waals surface area contributed by atoms with Gasteiger partial charge in [-0.3, -0.25) is 0 Å². The Balaban J connectivity index is 2.11. The summed E-state index contributed by atoms with van der Waals surface area (Å²) in [5.41, 5.74) is 0.942. The molecule has 5 nitrogen and oxygen atoms in total. The van der Waals surface area contributed by atoms with E-state index in [1.807, 2.05) is 18.4 Å². The van der Waals surface area contributed by atoms with Crippen molar-refractivity contribution in [1.82, 2.24) is 9.62 Å². The molecule has 0 spiro atoms. The lowest BCUT2D eigenvalue weighted by Gasteiger charge is -2.14. The Bertz CT molecular complexity index is 694. The summed E-state index contributed by atoms with van der Waals surface area (Å²) in [6.07, 6.45) is 0. The maximum absolute atomic E-state index is 12.4. The highest BCUT2D eigenvalue weighted by atomic mass is 79.9. The van der Waals surface area contributed by atoms with E-state index in [4.69, 9.17) is 4.42 Å². The number of sulfonamides is 1. The van der Waals surface area contributed by atoms with Crippen LogP contribution in [0.1, 0.15) is 18.2 Å². The SMILES string of the molecule is CCNCc1ccc(S(=O)(=O)N(C)Cc2csc(Br)c2)o1. The van der Waals surface area contributed by atoms with Gasteiger partial charge in [-0.2, -0.15) is 4.31 Å². The van der Waals surface area contributed by atoms with E-state index < -0.39 is 10.0 Å². The second-order valence-electron chi connectivity index (χ2n) is 4.52. The molecule has 0 fully saturated rings. The average molecular weight is 393 g/mol. The first kappa shape index (κ1) is 16.7. The van der Waals surface area contributed by atoms with Crippen LogP contribution in [0.2, 0.25) is 0 Å². The van der Waals surface area contributed by atoms with Crippen molar-refractivity contribution in [3.05, 3.63) is 38.7 Å². The molecule has 0 atom stereocenters. The minimum absolute atomic E-state index is 0.0211. The van der Waals surface area contributed by atoms with E-state index in [2.05, 4.69) is 21.2 Å². The van der Waals surface area contributed by atoms with E-state index in [0.29, 0.717) is 18.8 Å². The fourth-order valence-corrected chi connectivity index (χ4v) is 4.04. The molecule has 116 valence electrons. The minimum Gasteiger partial charge on any atom is -0.447 e. The summed E-state index contributed by atoms with van der Waals surface area (Å²) in [5, 5.41) is 5.00. The lowest BCUT2D eigenvalue weighted by Crippen LogP contribution is -2.26. The first-order chi connectivity index (χ1) is 9.93. The zero-order valence-corrected chi connectivity index (χ0v) is 15.0. The largest absolute Gasteiger partial charge is 0.447 e. The van der Waals surface area contributed by atoms with Gasteiger partial charge in [0, 0.05) is 13.6 Å². The molecule has 2 aromatic rings. The molecule has 2 aromatic heterocycles. The van der Waals surface area contributed by atoms with Crippen LogP contribution in [0.25, 0.3) is 0 Å². The van der Waals surface area contributed by atoms with Crippen LogP contribution < -0.4 is 5.32 Å². The summed E-state index contributed by atoms with van der Waals surface area (Å²) in [5.74, 6) is 0.613. The number of nitrogens with one attached hydrogen (secondary N) is 1. The first-order valence-corrected chi connectivity index (χ1v) is 9.53. The van der Waals surface area contributed by atoms with Crippen molar-refractivity contribution in [1.29, 1.82) is 0 Å². The van der Waals surface area contributed by atoms with Gasteiger partial charge in [0.05, 0.1) is 10.3 Å². The van der Waals surface area contributed by atoms with Gasteiger partial charge in [-0.1, -0.05) is 6.92 Å². The standard InChI is InChI=1S/C13H17BrN2O3S2/c1-3-15-7-11-4-5-13(19-11)21(17,18)16(2)8-10-6-12(14)20-9-10/h4-6,9,15H,3,7-8H2,1-2H3. The molecule has 0 amide bonds. The van der Waals surface area contributed by atoms with Gasteiger partial charge in [0.25, 0.3) is 10.0 Å². The Morgan fingerprint density at radius 3 is 2.81 bits per heavy atom. The molecule has 8 heteroatoms. The number of halogens is 1. The Morgan fingerprint density at radius 1 is 1.43 bits per heavy atom. The lowest BCUT2D eigenvalue weighted by molar-refractivity contribution is 0.380. The van der Waals surface area contributed by atoms with Gasteiger partial charge in [-0.25, -0.2) is 8.42 Å². The predicted molar refractivity (Wildman–Crippen MR) is 86.8 cm³/mol. The molecule has 0 aromatic carbocycles. The fourth-order valence-electron chi connectivity index (χ4n) is 1.76. The van der Waals surface area contributed by atoms with Crippen molar-refractivity contribution in [2.45, 2.75) is 25.1 Å². The van der Waals surface area contributed by atoms with Crippen molar-refractivity contribution in [3.63, 3.8) is 0 Å². The highest BCUT2D eigenvalue weighted by Gasteiger charge is 2.24. The third-order valence-electron chi connectivity index (χ3n) is 2.88. The van der Waals surface area contributed by atoms with Gasteiger partial charge in [0.2, 0.25) is 5.09 Å². The van der Waals surface area contributed by atoms with E-state index in [1.54, 1.807) is 13.1 Å². The molecule has 0 saturated heterocycles. The van der Waals surface area contributed by atoms with Crippen LogP contribution in [0.5, 0.6) is 0 Å². The summed E-state index contributed by atoms with van der Waals surface area (Å²) in [4.78, 5) is 0. The number of thiophene rings is 1. The third-order valence-corrected chi connectivity index (χ3v) is 6.11. The van der Waals surface area contributed by atoms with Crippen molar-refractivity contribution in [2.24, 2.45) is 0 Å². The van der Waals surface area contributed by atoms with Crippen LogP contribution in [0.4, 0.5) is 0 Å². The maximum atomic E-state index is 12.4. The fraction of sp³-hybridized carbons (Fsp3) is 0.385. The van der Waals surface area contributed by atoms with E-state index in [1.165, 1.54) is 21.7 Å². The summed E-state index contributed by atoms with van der Waals surface area (Å²) in [6, 6.07) is 5.10. The van der Waals surface area contributed by atoms with Crippen LogP contribution in [-0.2, 0) is 23.1 Å². The quantitative estimate of drug-likeness (QED) is 0.786. The van der Waals surface area contributed by atoms with Crippen molar-refractivity contribution in [3.8, 4) is 0 Å². The summed E-state index contributed by atoms with van der Waals surface area (Å²) < 4.78 is 32.6. The zero-order chi connectivity index (χ0) is 15.5.